The first-order valence-corrected chi connectivity index (χ1v) is 5.90. The highest BCUT2D eigenvalue weighted by atomic mass is 35.5. The normalized spacial score (nSPS) is 10.6. The fourth-order valence-corrected chi connectivity index (χ4v) is 2.00. The zero-order valence-corrected chi connectivity index (χ0v) is 11.1. The number of halogens is 3. The Morgan fingerprint density at radius 2 is 2.20 bits per heavy atom. The Kier molecular flexibility index (Phi) is 3.89. The SMILES string of the molecule is Cn1ncc(C(=O)O)c1CNc1c(F)cc(F)cc1Cl. The number of anilines is 1. The Morgan fingerprint density at radius 1 is 1.50 bits per heavy atom. The van der Waals surface area contributed by atoms with Gasteiger partial charge in [-0.2, -0.15) is 5.10 Å². The van der Waals surface area contributed by atoms with Crippen molar-refractivity contribution in [3.8, 4) is 0 Å². The van der Waals surface area contributed by atoms with Gasteiger partial charge >= 0.3 is 5.97 Å². The van der Waals surface area contributed by atoms with Gasteiger partial charge in [-0.25, -0.2) is 13.6 Å². The first kappa shape index (κ1) is 14.3. The summed E-state index contributed by atoms with van der Waals surface area (Å²) in [6, 6.07) is 1.66. The predicted molar refractivity (Wildman–Crippen MR) is 68.9 cm³/mol. The number of rotatable bonds is 4. The van der Waals surface area contributed by atoms with E-state index < -0.39 is 17.6 Å². The number of aromatic carboxylic acids is 1. The quantitative estimate of drug-likeness (QED) is 0.911. The van der Waals surface area contributed by atoms with Crippen LogP contribution in [0.1, 0.15) is 16.1 Å². The third kappa shape index (κ3) is 2.72. The van der Waals surface area contributed by atoms with E-state index in [1.165, 1.54) is 10.9 Å². The van der Waals surface area contributed by atoms with E-state index in [0.717, 1.165) is 6.07 Å². The van der Waals surface area contributed by atoms with Crippen LogP contribution in [0.5, 0.6) is 0 Å². The molecule has 0 bridgehead atoms. The molecule has 2 rings (SSSR count). The van der Waals surface area contributed by atoms with Crippen LogP contribution < -0.4 is 5.32 Å². The number of benzene rings is 1. The van der Waals surface area contributed by atoms with E-state index in [0.29, 0.717) is 11.8 Å². The molecule has 0 amide bonds. The summed E-state index contributed by atoms with van der Waals surface area (Å²) in [4.78, 5) is 11.0. The maximum Gasteiger partial charge on any atom is 0.339 e. The Morgan fingerprint density at radius 3 is 2.80 bits per heavy atom. The van der Waals surface area contributed by atoms with E-state index in [1.54, 1.807) is 7.05 Å². The first-order chi connectivity index (χ1) is 9.40. The van der Waals surface area contributed by atoms with Crippen LogP contribution in [0.4, 0.5) is 14.5 Å². The molecular formula is C12H10ClF2N3O2. The van der Waals surface area contributed by atoms with Crippen molar-refractivity contribution in [2.24, 2.45) is 7.05 Å². The van der Waals surface area contributed by atoms with E-state index in [9.17, 15) is 13.6 Å². The molecule has 0 fully saturated rings. The topological polar surface area (TPSA) is 67.2 Å². The van der Waals surface area contributed by atoms with Crippen LogP contribution >= 0.6 is 11.6 Å². The summed E-state index contributed by atoms with van der Waals surface area (Å²) in [7, 11) is 1.56. The highest BCUT2D eigenvalue weighted by Gasteiger charge is 2.16. The van der Waals surface area contributed by atoms with Crippen molar-refractivity contribution in [3.63, 3.8) is 0 Å². The molecule has 0 aliphatic carbocycles. The molecule has 0 saturated heterocycles. The van der Waals surface area contributed by atoms with Gasteiger partial charge in [0.05, 0.1) is 29.1 Å². The lowest BCUT2D eigenvalue weighted by molar-refractivity contribution is 0.0695. The number of carboxylic acid groups (broad SMARTS) is 1. The number of hydrogen-bond donors (Lipinski definition) is 2. The highest BCUT2D eigenvalue weighted by molar-refractivity contribution is 6.33. The molecule has 5 nitrogen and oxygen atoms in total. The molecule has 0 unspecified atom stereocenters. The first-order valence-electron chi connectivity index (χ1n) is 5.52. The van der Waals surface area contributed by atoms with Crippen molar-refractivity contribution in [2.75, 3.05) is 5.32 Å². The molecule has 8 heteroatoms. The molecule has 0 aliphatic rings. The summed E-state index contributed by atoms with van der Waals surface area (Å²) in [5.74, 6) is -2.78. The van der Waals surface area contributed by atoms with Crippen molar-refractivity contribution < 1.29 is 18.7 Å². The summed E-state index contributed by atoms with van der Waals surface area (Å²) >= 11 is 5.74. The van der Waals surface area contributed by atoms with Gasteiger partial charge in [-0.05, 0) is 6.07 Å². The van der Waals surface area contributed by atoms with Gasteiger partial charge in [-0.1, -0.05) is 11.6 Å². The van der Waals surface area contributed by atoms with Crippen molar-refractivity contribution in [1.29, 1.82) is 0 Å². The number of nitrogens with one attached hydrogen (secondary N) is 1. The molecule has 1 heterocycles. The second-order valence-electron chi connectivity index (χ2n) is 4.03. The number of aromatic nitrogens is 2. The molecular weight excluding hydrogens is 292 g/mol. The number of nitrogens with zero attached hydrogens (tertiary/aromatic N) is 2. The Labute approximate surface area is 117 Å². The second kappa shape index (κ2) is 5.46. The van der Waals surface area contributed by atoms with Gasteiger partial charge in [-0.3, -0.25) is 4.68 Å². The molecule has 2 N–H and O–H groups in total. The Bertz CT molecular complexity index is 650. The van der Waals surface area contributed by atoms with Crippen LogP contribution in [0, 0.1) is 11.6 Å². The standard InChI is InChI=1S/C12H10ClF2N3O2/c1-18-10(7(4-17-18)12(19)20)5-16-11-8(13)2-6(14)3-9(11)15/h2-4,16H,5H2,1H3,(H,19,20). The molecule has 106 valence electrons. The van der Waals surface area contributed by atoms with E-state index >= 15 is 0 Å². The van der Waals surface area contributed by atoms with Gasteiger partial charge in [0.1, 0.15) is 11.4 Å². The lowest BCUT2D eigenvalue weighted by Gasteiger charge is -2.10. The fraction of sp³-hybridized carbons (Fsp3) is 0.167. The summed E-state index contributed by atoms with van der Waals surface area (Å²) in [5, 5.41) is 15.3. The van der Waals surface area contributed by atoms with Gasteiger partial charge in [0.25, 0.3) is 0 Å². The Hall–Kier alpha value is -2.15. The third-order valence-electron chi connectivity index (χ3n) is 2.73. The van der Waals surface area contributed by atoms with Gasteiger partial charge < -0.3 is 10.4 Å². The molecule has 0 atom stereocenters. The zero-order valence-electron chi connectivity index (χ0n) is 10.3. The largest absolute Gasteiger partial charge is 0.478 e. The van der Waals surface area contributed by atoms with Crippen LogP contribution in [0.25, 0.3) is 0 Å². The summed E-state index contributed by atoms with van der Waals surface area (Å²) in [6.07, 6.45) is 1.20. The van der Waals surface area contributed by atoms with Gasteiger partial charge in [0, 0.05) is 13.1 Å². The summed E-state index contributed by atoms with van der Waals surface area (Å²) in [6.45, 7) is -0.0135. The number of carbonyl (C=O) groups is 1. The van der Waals surface area contributed by atoms with E-state index in [-0.39, 0.29) is 22.8 Å². The molecule has 0 aliphatic heterocycles. The lowest BCUT2D eigenvalue weighted by atomic mass is 10.2. The summed E-state index contributed by atoms with van der Waals surface area (Å²) < 4.78 is 27.8. The van der Waals surface area contributed by atoms with Crippen LogP contribution in [0.3, 0.4) is 0 Å². The Balaban J connectivity index is 2.26. The number of aryl methyl sites for hydroxylation is 1. The van der Waals surface area contributed by atoms with Gasteiger partial charge in [-0.15, -0.1) is 0 Å². The van der Waals surface area contributed by atoms with Crippen LogP contribution in [0.2, 0.25) is 5.02 Å². The zero-order chi connectivity index (χ0) is 14.9. The third-order valence-corrected chi connectivity index (χ3v) is 3.03. The number of carboxylic acids is 1. The molecule has 1 aromatic heterocycles. The van der Waals surface area contributed by atoms with E-state index in [2.05, 4.69) is 10.4 Å². The van der Waals surface area contributed by atoms with Gasteiger partial charge in [0.2, 0.25) is 0 Å². The van der Waals surface area contributed by atoms with Crippen LogP contribution in [-0.2, 0) is 13.6 Å². The minimum atomic E-state index is -1.14. The molecule has 1 aromatic carbocycles. The maximum absolute atomic E-state index is 13.6. The van der Waals surface area contributed by atoms with Crippen LogP contribution in [-0.4, -0.2) is 20.9 Å². The molecule has 0 radical (unpaired) electrons. The van der Waals surface area contributed by atoms with Gasteiger partial charge in [0.15, 0.2) is 5.82 Å². The number of hydrogen-bond acceptors (Lipinski definition) is 3. The van der Waals surface area contributed by atoms with Crippen molar-refractivity contribution in [3.05, 3.63) is 46.2 Å². The monoisotopic (exact) mass is 301 g/mol. The fourth-order valence-electron chi connectivity index (χ4n) is 1.73. The second-order valence-corrected chi connectivity index (χ2v) is 4.44. The van der Waals surface area contributed by atoms with Crippen LogP contribution in [0.15, 0.2) is 18.3 Å². The maximum atomic E-state index is 13.6. The molecule has 0 saturated carbocycles. The average Bonchev–Trinajstić information content (AvgIpc) is 2.69. The predicted octanol–water partition coefficient (Wildman–Crippen LogP) is 2.66. The summed E-state index contributed by atoms with van der Waals surface area (Å²) in [5.41, 5.74) is 0.251. The van der Waals surface area contributed by atoms with Crippen molar-refractivity contribution in [1.82, 2.24) is 9.78 Å². The lowest BCUT2D eigenvalue weighted by Crippen LogP contribution is -2.11. The van der Waals surface area contributed by atoms with Crippen molar-refractivity contribution >= 4 is 23.3 Å². The van der Waals surface area contributed by atoms with Crippen molar-refractivity contribution in [2.45, 2.75) is 6.54 Å². The smallest absolute Gasteiger partial charge is 0.339 e. The minimum absolute atomic E-state index is 0.00126. The molecule has 2 aromatic rings. The minimum Gasteiger partial charge on any atom is -0.478 e. The average molecular weight is 302 g/mol. The molecule has 20 heavy (non-hydrogen) atoms. The highest BCUT2D eigenvalue weighted by Crippen LogP contribution is 2.27. The van der Waals surface area contributed by atoms with E-state index in [1.807, 2.05) is 0 Å². The van der Waals surface area contributed by atoms with E-state index in [4.69, 9.17) is 16.7 Å². The molecule has 0 spiro atoms.